The SMILES string of the molecule is CCCCCCC(=O)OC(C)c1ccc(-c2ccccc2-c2ccc(OC)cc2)cc1. The van der Waals surface area contributed by atoms with Crippen LogP contribution in [0.15, 0.2) is 72.8 Å². The van der Waals surface area contributed by atoms with Crippen molar-refractivity contribution in [2.75, 3.05) is 7.11 Å². The lowest BCUT2D eigenvalue weighted by molar-refractivity contribution is -0.148. The zero-order chi connectivity index (χ0) is 22.1. The fraction of sp³-hybridized carbons (Fsp3) is 0.321. The third-order valence-electron chi connectivity index (χ3n) is 5.56. The zero-order valence-electron chi connectivity index (χ0n) is 18.8. The second kappa shape index (κ2) is 11.4. The van der Waals surface area contributed by atoms with Crippen LogP contribution in [0.1, 0.15) is 57.6 Å². The van der Waals surface area contributed by atoms with Crippen LogP contribution < -0.4 is 4.74 Å². The van der Waals surface area contributed by atoms with Crippen molar-refractivity contribution in [3.63, 3.8) is 0 Å². The van der Waals surface area contributed by atoms with Crippen LogP contribution >= 0.6 is 0 Å². The maximum atomic E-state index is 12.1. The molecule has 3 heteroatoms. The zero-order valence-corrected chi connectivity index (χ0v) is 18.8. The summed E-state index contributed by atoms with van der Waals surface area (Å²) in [4.78, 5) is 12.1. The van der Waals surface area contributed by atoms with Crippen molar-refractivity contribution in [1.29, 1.82) is 0 Å². The van der Waals surface area contributed by atoms with Gasteiger partial charge in [0.15, 0.2) is 0 Å². The number of carbonyl (C=O) groups is 1. The van der Waals surface area contributed by atoms with Crippen molar-refractivity contribution in [3.05, 3.63) is 78.4 Å². The van der Waals surface area contributed by atoms with Gasteiger partial charge in [0, 0.05) is 6.42 Å². The lowest BCUT2D eigenvalue weighted by Gasteiger charge is -2.15. The Morgan fingerprint density at radius 2 is 1.39 bits per heavy atom. The molecule has 3 nitrogen and oxygen atoms in total. The molecule has 0 amide bonds. The predicted octanol–water partition coefficient (Wildman–Crippen LogP) is 7.60. The first-order chi connectivity index (χ1) is 15.1. The first kappa shape index (κ1) is 22.6. The molecule has 0 heterocycles. The number of carbonyl (C=O) groups excluding carboxylic acids is 1. The van der Waals surface area contributed by atoms with E-state index in [-0.39, 0.29) is 12.1 Å². The maximum absolute atomic E-state index is 12.1. The highest BCUT2D eigenvalue weighted by molar-refractivity contribution is 5.83. The van der Waals surface area contributed by atoms with Crippen LogP contribution in [-0.2, 0) is 9.53 Å². The van der Waals surface area contributed by atoms with Crippen molar-refractivity contribution < 1.29 is 14.3 Å². The molecule has 0 aliphatic rings. The molecule has 162 valence electrons. The summed E-state index contributed by atoms with van der Waals surface area (Å²) in [5.41, 5.74) is 5.62. The monoisotopic (exact) mass is 416 g/mol. The van der Waals surface area contributed by atoms with E-state index < -0.39 is 0 Å². The number of unbranched alkanes of at least 4 members (excludes halogenated alkanes) is 3. The number of benzene rings is 3. The van der Waals surface area contributed by atoms with Crippen LogP contribution in [0.4, 0.5) is 0 Å². The summed E-state index contributed by atoms with van der Waals surface area (Å²) in [6, 6.07) is 24.8. The molecule has 31 heavy (non-hydrogen) atoms. The van der Waals surface area contributed by atoms with E-state index in [9.17, 15) is 4.79 Å². The summed E-state index contributed by atoms with van der Waals surface area (Å²) in [5.74, 6) is 0.733. The molecule has 1 unspecified atom stereocenters. The number of esters is 1. The van der Waals surface area contributed by atoms with Gasteiger partial charge in [-0.2, -0.15) is 0 Å². The topological polar surface area (TPSA) is 35.5 Å². The first-order valence-corrected chi connectivity index (χ1v) is 11.2. The van der Waals surface area contributed by atoms with Crippen LogP contribution in [0.3, 0.4) is 0 Å². The van der Waals surface area contributed by atoms with Gasteiger partial charge in [-0.25, -0.2) is 0 Å². The minimum absolute atomic E-state index is 0.113. The molecular weight excluding hydrogens is 384 g/mol. The highest BCUT2D eigenvalue weighted by atomic mass is 16.5. The van der Waals surface area contributed by atoms with E-state index in [1.165, 1.54) is 24.0 Å². The fourth-order valence-electron chi connectivity index (χ4n) is 3.71. The van der Waals surface area contributed by atoms with Gasteiger partial charge in [0.25, 0.3) is 0 Å². The maximum Gasteiger partial charge on any atom is 0.306 e. The molecule has 0 aliphatic carbocycles. The number of rotatable bonds is 10. The van der Waals surface area contributed by atoms with Crippen LogP contribution in [0.2, 0.25) is 0 Å². The summed E-state index contributed by atoms with van der Waals surface area (Å²) in [7, 11) is 1.68. The van der Waals surface area contributed by atoms with Crippen molar-refractivity contribution in [3.8, 4) is 28.0 Å². The first-order valence-electron chi connectivity index (χ1n) is 11.2. The summed E-state index contributed by atoms with van der Waals surface area (Å²) < 4.78 is 10.9. The number of methoxy groups -OCH3 is 1. The minimum Gasteiger partial charge on any atom is -0.497 e. The predicted molar refractivity (Wildman–Crippen MR) is 127 cm³/mol. The molecule has 3 aromatic carbocycles. The van der Waals surface area contributed by atoms with Crippen molar-refractivity contribution >= 4 is 5.97 Å². The molecule has 0 saturated carbocycles. The minimum atomic E-state index is -0.246. The van der Waals surface area contributed by atoms with Gasteiger partial charge in [-0.15, -0.1) is 0 Å². The second-order valence-corrected chi connectivity index (χ2v) is 7.84. The number of hydrogen-bond donors (Lipinski definition) is 0. The highest BCUT2D eigenvalue weighted by Crippen LogP contribution is 2.33. The Morgan fingerprint density at radius 1 is 0.806 bits per heavy atom. The summed E-state index contributed by atoms with van der Waals surface area (Å²) in [5, 5.41) is 0. The number of ether oxygens (including phenoxy) is 2. The average molecular weight is 417 g/mol. The smallest absolute Gasteiger partial charge is 0.306 e. The van der Waals surface area contributed by atoms with E-state index >= 15 is 0 Å². The molecule has 0 radical (unpaired) electrons. The normalized spacial score (nSPS) is 11.7. The fourth-order valence-corrected chi connectivity index (χ4v) is 3.71. The Kier molecular flexibility index (Phi) is 8.28. The van der Waals surface area contributed by atoms with Gasteiger partial charge >= 0.3 is 5.97 Å². The molecule has 0 fully saturated rings. The van der Waals surface area contributed by atoms with Gasteiger partial charge in [0.2, 0.25) is 0 Å². The van der Waals surface area contributed by atoms with Crippen LogP contribution in [0.5, 0.6) is 5.75 Å². The standard InChI is InChI=1S/C28H32O3/c1-4-5-6-7-12-28(29)31-21(2)22-13-15-23(16-14-22)26-10-8-9-11-27(26)24-17-19-25(30-3)20-18-24/h8-11,13-21H,4-7,12H2,1-3H3. The van der Waals surface area contributed by atoms with Gasteiger partial charge in [-0.05, 0) is 53.3 Å². The molecule has 0 N–H and O–H groups in total. The summed E-state index contributed by atoms with van der Waals surface area (Å²) in [6.45, 7) is 4.10. The Labute approximate surface area is 186 Å². The van der Waals surface area contributed by atoms with E-state index in [1.807, 2.05) is 19.1 Å². The van der Waals surface area contributed by atoms with Crippen molar-refractivity contribution in [2.24, 2.45) is 0 Å². The lowest BCUT2D eigenvalue weighted by Crippen LogP contribution is -2.08. The number of hydrogen-bond acceptors (Lipinski definition) is 3. The quantitative estimate of drug-likeness (QED) is 0.252. The molecule has 0 aliphatic heterocycles. The molecule has 0 aromatic heterocycles. The Bertz CT molecular complexity index is 958. The van der Waals surface area contributed by atoms with Gasteiger partial charge in [-0.1, -0.05) is 86.8 Å². The highest BCUT2D eigenvalue weighted by Gasteiger charge is 2.13. The third-order valence-corrected chi connectivity index (χ3v) is 5.56. The van der Waals surface area contributed by atoms with Gasteiger partial charge in [0.1, 0.15) is 11.9 Å². The Hall–Kier alpha value is -3.07. The molecule has 0 saturated heterocycles. The second-order valence-electron chi connectivity index (χ2n) is 7.84. The molecule has 3 aromatic rings. The van der Waals surface area contributed by atoms with Crippen molar-refractivity contribution in [2.45, 2.75) is 52.1 Å². The van der Waals surface area contributed by atoms with E-state index in [2.05, 4.69) is 67.6 Å². The van der Waals surface area contributed by atoms with Gasteiger partial charge in [0.05, 0.1) is 7.11 Å². The molecule has 0 spiro atoms. The summed E-state index contributed by atoms with van der Waals surface area (Å²) >= 11 is 0. The van der Waals surface area contributed by atoms with E-state index in [0.29, 0.717) is 6.42 Å². The largest absolute Gasteiger partial charge is 0.497 e. The van der Waals surface area contributed by atoms with E-state index in [0.717, 1.165) is 35.3 Å². The van der Waals surface area contributed by atoms with E-state index in [4.69, 9.17) is 9.47 Å². The molecular formula is C28H32O3. The van der Waals surface area contributed by atoms with Gasteiger partial charge in [-0.3, -0.25) is 4.79 Å². The Morgan fingerprint density at radius 3 is 1.94 bits per heavy atom. The van der Waals surface area contributed by atoms with Crippen LogP contribution in [0.25, 0.3) is 22.3 Å². The molecule has 1 atom stereocenters. The third kappa shape index (κ3) is 6.21. The van der Waals surface area contributed by atoms with Crippen LogP contribution in [0, 0.1) is 0 Å². The van der Waals surface area contributed by atoms with Crippen molar-refractivity contribution in [1.82, 2.24) is 0 Å². The Balaban J connectivity index is 1.71. The van der Waals surface area contributed by atoms with Gasteiger partial charge < -0.3 is 9.47 Å². The average Bonchev–Trinajstić information content (AvgIpc) is 2.82. The molecule has 0 bridgehead atoms. The molecule has 3 rings (SSSR count). The lowest BCUT2D eigenvalue weighted by atomic mass is 9.94. The van der Waals surface area contributed by atoms with Crippen LogP contribution in [-0.4, -0.2) is 13.1 Å². The summed E-state index contributed by atoms with van der Waals surface area (Å²) in [6.07, 6.45) is 4.58. The van der Waals surface area contributed by atoms with E-state index in [1.54, 1.807) is 7.11 Å².